The molecule has 0 rings (SSSR count). The molecule has 2 unspecified atom stereocenters. The van der Waals surface area contributed by atoms with E-state index in [1.54, 1.807) is 0 Å². The highest BCUT2D eigenvalue weighted by atomic mass is 16.5. The van der Waals surface area contributed by atoms with Crippen molar-refractivity contribution in [2.24, 2.45) is 0 Å². The molecule has 0 aromatic heterocycles. The summed E-state index contributed by atoms with van der Waals surface area (Å²) in [5.74, 6) is -0.0200. The number of aliphatic hydroxyl groups excluding tert-OH is 2. The zero-order valence-electron chi connectivity index (χ0n) is 54.3. The molecule has 0 fully saturated rings. The van der Waals surface area contributed by atoms with Gasteiger partial charge >= 0.3 is 5.97 Å². The van der Waals surface area contributed by atoms with Crippen molar-refractivity contribution >= 4 is 11.9 Å². The molecular formula is C74H143NO5. The molecular weight excluding hydrogens is 983 g/mol. The third-order valence-corrected chi connectivity index (χ3v) is 17.3. The summed E-state index contributed by atoms with van der Waals surface area (Å²) in [5.41, 5.74) is 0. The number of allylic oxidation sites excluding steroid dienone is 4. The lowest BCUT2D eigenvalue weighted by atomic mass is 10.0. The Bertz CT molecular complexity index is 1250. The summed E-state index contributed by atoms with van der Waals surface area (Å²) in [5, 5.41) is 23.4. The van der Waals surface area contributed by atoms with Gasteiger partial charge in [-0.25, -0.2) is 0 Å². The van der Waals surface area contributed by atoms with E-state index in [0.29, 0.717) is 25.9 Å². The maximum atomic E-state index is 12.6. The normalized spacial score (nSPS) is 12.6. The van der Waals surface area contributed by atoms with Crippen molar-refractivity contribution in [2.75, 3.05) is 13.2 Å². The van der Waals surface area contributed by atoms with Gasteiger partial charge in [-0.1, -0.05) is 366 Å². The minimum absolute atomic E-state index is 0.00919. The third kappa shape index (κ3) is 65.5. The average Bonchev–Trinajstić information content (AvgIpc) is 3.46. The molecule has 0 saturated carbocycles. The summed E-state index contributed by atoms with van der Waals surface area (Å²) in [4.78, 5) is 24.7. The first kappa shape index (κ1) is 78.3. The first-order chi connectivity index (χ1) is 39.5. The Kier molecular flexibility index (Phi) is 68.4. The summed E-state index contributed by atoms with van der Waals surface area (Å²) < 4.78 is 5.50. The van der Waals surface area contributed by atoms with Crippen LogP contribution in [-0.2, 0) is 14.3 Å². The Balaban J connectivity index is 3.36. The van der Waals surface area contributed by atoms with Crippen LogP contribution in [0.15, 0.2) is 24.3 Å². The highest BCUT2D eigenvalue weighted by molar-refractivity contribution is 5.76. The van der Waals surface area contributed by atoms with Crippen LogP contribution in [0.25, 0.3) is 0 Å². The predicted octanol–water partition coefficient (Wildman–Crippen LogP) is 23.7. The number of carbonyl (C=O) groups is 2. The molecule has 1 amide bonds. The van der Waals surface area contributed by atoms with E-state index < -0.39 is 12.1 Å². The van der Waals surface area contributed by atoms with Gasteiger partial charge in [-0.2, -0.15) is 0 Å². The van der Waals surface area contributed by atoms with Gasteiger partial charge in [0.1, 0.15) is 0 Å². The standard InChI is InChI=1S/C74H143NO5/c1-3-5-7-9-11-13-15-17-19-21-23-28-31-34-38-42-46-50-54-58-62-66-72(77)71(70-76)75-73(78)67-63-59-55-51-47-43-39-35-32-29-26-24-25-27-30-33-37-41-45-49-53-57-61-65-69-80-74(79)68-64-60-56-52-48-44-40-36-22-20-18-16-14-12-10-8-6-4-2/h14,16,20,22,71-72,76-77H,3-13,15,17-19,21,23-70H2,1-2H3,(H,75,78)/b16-14-,22-20-. The smallest absolute Gasteiger partial charge is 0.305 e. The first-order valence-electron chi connectivity index (χ1n) is 36.6. The number of aliphatic hydroxyl groups is 2. The van der Waals surface area contributed by atoms with Gasteiger partial charge in [0.25, 0.3) is 0 Å². The van der Waals surface area contributed by atoms with Crippen molar-refractivity contribution in [1.29, 1.82) is 0 Å². The fourth-order valence-corrected chi connectivity index (χ4v) is 11.7. The first-order valence-corrected chi connectivity index (χ1v) is 36.6. The molecule has 0 bridgehead atoms. The van der Waals surface area contributed by atoms with E-state index in [1.165, 1.54) is 327 Å². The van der Waals surface area contributed by atoms with Crippen molar-refractivity contribution in [3.05, 3.63) is 24.3 Å². The minimum atomic E-state index is -0.665. The van der Waals surface area contributed by atoms with Crippen molar-refractivity contribution in [3.63, 3.8) is 0 Å². The molecule has 0 aliphatic rings. The van der Waals surface area contributed by atoms with Crippen LogP contribution in [0.3, 0.4) is 0 Å². The Labute approximate surface area is 501 Å². The van der Waals surface area contributed by atoms with Crippen LogP contribution in [0.4, 0.5) is 0 Å². The number of ether oxygens (including phenoxy) is 1. The number of carbonyl (C=O) groups excluding carboxylic acids is 2. The minimum Gasteiger partial charge on any atom is -0.466 e. The molecule has 0 aliphatic carbocycles. The quantitative estimate of drug-likeness (QED) is 0.0320. The third-order valence-electron chi connectivity index (χ3n) is 17.3. The zero-order valence-corrected chi connectivity index (χ0v) is 54.3. The average molecular weight is 1130 g/mol. The molecule has 80 heavy (non-hydrogen) atoms. The number of hydrogen-bond acceptors (Lipinski definition) is 5. The summed E-state index contributed by atoms with van der Waals surface area (Å²) in [6.07, 6.45) is 88.0. The molecule has 2 atom stereocenters. The molecule has 0 radical (unpaired) electrons. The van der Waals surface area contributed by atoms with Gasteiger partial charge in [0.05, 0.1) is 25.4 Å². The number of unbranched alkanes of at least 4 members (excludes halogenated alkanes) is 54. The molecule has 0 aromatic rings. The van der Waals surface area contributed by atoms with Gasteiger partial charge in [-0.3, -0.25) is 9.59 Å². The summed E-state index contributed by atoms with van der Waals surface area (Å²) >= 11 is 0. The number of amides is 1. The second-order valence-corrected chi connectivity index (χ2v) is 25.3. The van der Waals surface area contributed by atoms with Crippen LogP contribution < -0.4 is 5.32 Å². The highest BCUT2D eigenvalue weighted by Gasteiger charge is 2.20. The van der Waals surface area contributed by atoms with Crippen LogP contribution in [0.5, 0.6) is 0 Å². The van der Waals surface area contributed by atoms with E-state index >= 15 is 0 Å². The van der Waals surface area contributed by atoms with Crippen LogP contribution in [-0.4, -0.2) is 47.4 Å². The fraction of sp³-hybridized carbons (Fsp3) is 0.919. The second kappa shape index (κ2) is 69.8. The maximum Gasteiger partial charge on any atom is 0.305 e. The largest absolute Gasteiger partial charge is 0.466 e. The number of hydrogen-bond donors (Lipinski definition) is 3. The zero-order chi connectivity index (χ0) is 57.8. The second-order valence-electron chi connectivity index (χ2n) is 25.3. The lowest BCUT2D eigenvalue weighted by Crippen LogP contribution is -2.45. The monoisotopic (exact) mass is 1130 g/mol. The van der Waals surface area contributed by atoms with Crippen LogP contribution in [0.2, 0.25) is 0 Å². The lowest BCUT2D eigenvalue weighted by molar-refractivity contribution is -0.143. The predicted molar refractivity (Wildman–Crippen MR) is 352 cm³/mol. The maximum absolute atomic E-state index is 12.6. The van der Waals surface area contributed by atoms with Crippen molar-refractivity contribution in [1.82, 2.24) is 5.32 Å². The summed E-state index contributed by atoms with van der Waals surface area (Å²) in [7, 11) is 0. The van der Waals surface area contributed by atoms with E-state index in [0.717, 1.165) is 51.4 Å². The van der Waals surface area contributed by atoms with Crippen LogP contribution in [0.1, 0.15) is 412 Å². The molecule has 0 heterocycles. The van der Waals surface area contributed by atoms with Crippen LogP contribution >= 0.6 is 0 Å². The van der Waals surface area contributed by atoms with Gasteiger partial charge in [-0.15, -0.1) is 0 Å². The van der Waals surface area contributed by atoms with Gasteiger partial charge in [-0.05, 0) is 57.8 Å². The SMILES string of the molecule is CCCCCC/C=C\C/C=C\CCCCCCCCCC(=O)OCCCCCCCCCCCCCCCCCCCCCCCCCCC(=O)NC(CO)C(O)CCCCCCCCCCCCCCCCCCCCCCC. The lowest BCUT2D eigenvalue weighted by Gasteiger charge is -2.22. The highest BCUT2D eigenvalue weighted by Crippen LogP contribution is 2.19. The molecule has 6 heteroatoms. The van der Waals surface area contributed by atoms with Gasteiger partial charge in [0.2, 0.25) is 5.91 Å². The molecule has 0 saturated heterocycles. The van der Waals surface area contributed by atoms with Gasteiger partial charge in [0.15, 0.2) is 0 Å². The molecule has 6 nitrogen and oxygen atoms in total. The number of rotatable bonds is 69. The Morgan fingerprint density at radius 1 is 0.350 bits per heavy atom. The van der Waals surface area contributed by atoms with Crippen molar-refractivity contribution in [3.8, 4) is 0 Å². The van der Waals surface area contributed by atoms with E-state index in [1.807, 2.05) is 0 Å². The van der Waals surface area contributed by atoms with E-state index in [2.05, 4.69) is 43.5 Å². The number of nitrogens with one attached hydrogen (secondary N) is 1. The summed E-state index contributed by atoms with van der Waals surface area (Å²) in [6, 6.07) is -0.542. The molecule has 0 aliphatic heterocycles. The van der Waals surface area contributed by atoms with Crippen molar-refractivity contribution < 1.29 is 24.5 Å². The van der Waals surface area contributed by atoms with E-state index in [4.69, 9.17) is 4.74 Å². The molecule has 474 valence electrons. The Morgan fingerprint density at radius 3 is 0.963 bits per heavy atom. The van der Waals surface area contributed by atoms with E-state index in [-0.39, 0.29) is 18.5 Å². The number of esters is 1. The molecule has 0 spiro atoms. The fourth-order valence-electron chi connectivity index (χ4n) is 11.7. The van der Waals surface area contributed by atoms with Gasteiger partial charge < -0.3 is 20.3 Å². The van der Waals surface area contributed by atoms with Gasteiger partial charge in [0, 0.05) is 12.8 Å². The molecule has 0 aromatic carbocycles. The Morgan fingerprint density at radius 2 is 0.625 bits per heavy atom. The summed E-state index contributed by atoms with van der Waals surface area (Å²) in [6.45, 7) is 4.98. The topological polar surface area (TPSA) is 95.9 Å². The Hall–Kier alpha value is -1.66. The van der Waals surface area contributed by atoms with Crippen LogP contribution in [0, 0.1) is 0 Å². The van der Waals surface area contributed by atoms with E-state index in [9.17, 15) is 19.8 Å². The molecule has 3 N–H and O–H groups in total. The van der Waals surface area contributed by atoms with Crippen molar-refractivity contribution in [2.45, 2.75) is 424 Å².